The van der Waals surface area contributed by atoms with E-state index in [4.69, 9.17) is 4.74 Å². The lowest BCUT2D eigenvalue weighted by Crippen LogP contribution is -2.22. The van der Waals surface area contributed by atoms with E-state index < -0.39 is 0 Å². The fourth-order valence-electron chi connectivity index (χ4n) is 1.50. The Bertz CT molecular complexity index is 537. The maximum absolute atomic E-state index is 11.9. The molecule has 18 heavy (non-hydrogen) atoms. The van der Waals surface area contributed by atoms with Gasteiger partial charge in [-0.1, -0.05) is 0 Å². The van der Waals surface area contributed by atoms with Crippen molar-refractivity contribution >= 4 is 17.2 Å². The highest BCUT2D eigenvalue weighted by molar-refractivity contribution is 7.07. The molecule has 94 valence electrons. The Morgan fingerprint density at radius 2 is 2.28 bits per heavy atom. The molecule has 0 aliphatic rings. The van der Waals surface area contributed by atoms with Gasteiger partial charge in [-0.15, -0.1) is 0 Å². The van der Waals surface area contributed by atoms with Crippen LogP contribution in [0.4, 0.5) is 0 Å². The topological polar surface area (TPSA) is 58.6 Å². The lowest BCUT2D eigenvalue weighted by atomic mass is 10.1. The molecule has 0 fully saturated rings. The van der Waals surface area contributed by atoms with Crippen LogP contribution >= 0.6 is 11.3 Å². The number of phenols is 1. The highest BCUT2D eigenvalue weighted by Gasteiger charge is 2.11. The van der Waals surface area contributed by atoms with E-state index in [0.717, 1.165) is 5.56 Å². The third-order valence-electron chi connectivity index (χ3n) is 2.48. The number of carbonyl (C=O) groups excluding carboxylic acids is 1. The van der Waals surface area contributed by atoms with Crippen molar-refractivity contribution in [3.05, 3.63) is 46.2 Å². The van der Waals surface area contributed by atoms with Gasteiger partial charge in [-0.3, -0.25) is 4.79 Å². The lowest BCUT2D eigenvalue weighted by Gasteiger charge is -2.07. The summed E-state index contributed by atoms with van der Waals surface area (Å²) < 4.78 is 4.96. The highest BCUT2D eigenvalue weighted by atomic mass is 32.1. The molecule has 0 bridgehead atoms. The van der Waals surface area contributed by atoms with Gasteiger partial charge < -0.3 is 15.2 Å². The second-order valence-electron chi connectivity index (χ2n) is 3.70. The molecule has 0 aliphatic carbocycles. The van der Waals surface area contributed by atoms with Crippen molar-refractivity contribution in [1.29, 1.82) is 0 Å². The van der Waals surface area contributed by atoms with Gasteiger partial charge in [-0.05, 0) is 34.5 Å². The van der Waals surface area contributed by atoms with Crippen molar-refractivity contribution in [2.75, 3.05) is 7.11 Å². The Kier molecular flexibility index (Phi) is 3.84. The van der Waals surface area contributed by atoms with E-state index in [1.54, 1.807) is 17.4 Å². The van der Waals surface area contributed by atoms with E-state index in [9.17, 15) is 9.90 Å². The maximum atomic E-state index is 11.9. The van der Waals surface area contributed by atoms with Gasteiger partial charge in [-0.25, -0.2) is 0 Å². The second kappa shape index (κ2) is 5.55. The molecule has 1 aromatic heterocycles. The molecule has 0 spiro atoms. The van der Waals surface area contributed by atoms with Gasteiger partial charge in [0.15, 0.2) is 0 Å². The first-order valence-electron chi connectivity index (χ1n) is 5.37. The van der Waals surface area contributed by atoms with Crippen LogP contribution in [0.1, 0.15) is 15.9 Å². The van der Waals surface area contributed by atoms with Gasteiger partial charge in [-0.2, -0.15) is 11.3 Å². The quantitative estimate of drug-likeness (QED) is 0.890. The maximum Gasteiger partial charge on any atom is 0.255 e. The first-order chi connectivity index (χ1) is 8.70. The summed E-state index contributed by atoms with van der Waals surface area (Å²) in [7, 11) is 1.51. The Balaban J connectivity index is 2.04. The van der Waals surface area contributed by atoms with E-state index >= 15 is 0 Å². The molecule has 0 unspecified atom stereocenters. The van der Waals surface area contributed by atoms with E-state index in [0.29, 0.717) is 12.3 Å². The van der Waals surface area contributed by atoms with E-state index in [1.165, 1.54) is 19.2 Å². The number of amides is 1. The fourth-order valence-corrected chi connectivity index (χ4v) is 2.17. The molecular formula is C13H13NO3S. The summed E-state index contributed by atoms with van der Waals surface area (Å²) in [4.78, 5) is 11.9. The largest absolute Gasteiger partial charge is 0.507 e. The van der Waals surface area contributed by atoms with Gasteiger partial charge in [0.25, 0.3) is 5.91 Å². The average Bonchev–Trinajstić information content (AvgIpc) is 2.88. The predicted molar refractivity (Wildman–Crippen MR) is 70.1 cm³/mol. The van der Waals surface area contributed by atoms with Crippen molar-refractivity contribution in [1.82, 2.24) is 5.32 Å². The number of benzene rings is 1. The Labute approximate surface area is 109 Å². The smallest absolute Gasteiger partial charge is 0.255 e. The van der Waals surface area contributed by atoms with Crippen LogP contribution in [0, 0.1) is 0 Å². The zero-order valence-electron chi connectivity index (χ0n) is 9.84. The van der Waals surface area contributed by atoms with Crippen molar-refractivity contribution in [3.8, 4) is 11.5 Å². The summed E-state index contributed by atoms with van der Waals surface area (Å²) in [6.45, 7) is 0.452. The standard InChI is InChI=1S/C13H13NO3S/c1-17-10-2-3-11(12(15)6-10)13(16)14-7-9-4-5-18-8-9/h2-6,8,15H,7H2,1H3,(H,14,16). The zero-order valence-corrected chi connectivity index (χ0v) is 10.7. The van der Waals surface area contributed by atoms with E-state index in [1.807, 2.05) is 16.8 Å². The molecule has 0 aliphatic heterocycles. The van der Waals surface area contributed by atoms with Crippen LogP contribution in [0.2, 0.25) is 0 Å². The minimum Gasteiger partial charge on any atom is -0.507 e. The SMILES string of the molecule is COc1ccc(C(=O)NCc2ccsc2)c(O)c1. The number of hydrogen-bond donors (Lipinski definition) is 2. The first kappa shape index (κ1) is 12.4. The number of nitrogens with one attached hydrogen (secondary N) is 1. The molecule has 1 aromatic carbocycles. The molecule has 0 radical (unpaired) electrons. The Hall–Kier alpha value is -2.01. The van der Waals surface area contributed by atoms with Crippen LogP contribution in [0.25, 0.3) is 0 Å². The summed E-state index contributed by atoms with van der Waals surface area (Å²) in [5.74, 6) is 0.125. The summed E-state index contributed by atoms with van der Waals surface area (Å²) in [6.07, 6.45) is 0. The van der Waals surface area contributed by atoms with Gasteiger partial charge in [0, 0.05) is 12.6 Å². The third kappa shape index (κ3) is 2.81. The van der Waals surface area contributed by atoms with Crippen LogP contribution in [-0.4, -0.2) is 18.1 Å². The Morgan fingerprint density at radius 1 is 1.44 bits per heavy atom. The number of carbonyl (C=O) groups is 1. The molecule has 2 aromatic rings. The second-order valence-corrected chi connectivity index (χ2v) is 4.48. The fraction of sp³-hybridized carbons (Fsp3) is 0.154. The molecular weight excluding hydrogens is 250 g/mol. The number of rotatable bonds is 4. The average molecular weight is 263 g/mol. The number of thiophene rings is 1. The molecule has 2 N–H and O–H groups in total. The molecule has 1 heterocycles. The number of ether oxygens (including phenoxy) is 1. The first-order valence-corrected chi connectivity index (χ1v) is 6.31. The minimum absolute atomic E-state index is 0.0860. The summed E-state index contributed by atoms with van der Waals surface area (Å²) >= 11 is 1.58. The number of methoxy groups -OCH3 is 1. The normalized spacial score (nSPS) is 10.1. The minimum atomic E-state index is -0.304. The van der Waals surface area contributed by atoms with Gasteiger partial charge in [0.1, 0.15) is 11.5 Å². The highest BCUT2D eigenvalue weighted by Crippen LogP contribution is 2.23. The number of aromatic hydroxyl groups is 1. The summed E-state index contributed by atoms with van der Waals surface area (Å²) in [5.41, 5.74) is 1.28. The van der Waals surface area contributed by atoms with Crippen molar-refractivity contribution in [2.45, 2.75) is 6.54 Å². The molecule has 0 saturated heterocycles. The molecule has 2 rings (SSSR count). The van der Waals surface area contributed by atoms with Crippen LogP contribution < -0.4 is 10.1 Å². The molecule has 0 saturated carbocycles. The zero-order chi connectivity index (χ0) is 13.0. The lowest BCUT2D eigenvalue weighted by molar-refractivity contribution is 0.0948. The summed E-state index contributed by atoms with van der Waals surface area (Å²) in [6, 6.07) is 6.54. The van der Waals surface area contributed by atoms with Crippen LogP contribution in [-0.2, 0) is 6.54 Å². The molecule has 5 heteroatoms. The number of hydrogen-bond acceptors (Lipinski definition) is 4. The number of phenolic OH excluding ortho intramolecular Hbond substituents is 1. The van der Waals surface area contributed by atoms with Crippen molar-refractivity contribution in [3.63, 3.8) is 0 Å². The van der Waals surface area contributed by atoms with Crippen LogP contribution in [0.5, 0.6) is 11.5 Å². The van der Waals surface area contributed by atoms with E-state index in [-0.39, 0.29) is 17.2 Å². The predicted octanol–water partition coefficient (Wildman–Crippen LogP) is 2.39. The van der Waals surface area contributed by atoms with Gasteiger partial charge in [0.2, 0.25) is 0 Å². The Morgan fingerprint density at radius 3 is 2.89 bits per heavy atom. The summed E-state index contributed by atoms with van der Waals surface area (Å²) in [5, 5.41) is 16.4. The van der Waals surface area contributed by atoms with Crippen molar-refractivity contribution in [2.24, 2.45) is 0 Å². The van der Waals surface area contributed by atoms with Gasteiger partial charge >= 0.3 is 0 Å². The van der Waals surface area contributed by atoms with Crippen molar-refractivity contribution < 1.29 is 14.6 Å². The van der Waals surface area contributed by atoms with Crippen LogP contribution in [0.15, 0.2) is 35.0 Å². The molecule has 4 nitrogen and oxygen atoms in total. The molecule has 1 amide bonds. The monoisotopic (exact) mass is 263 g/mol. The third-order valence-corrected chi connectivity index (χ3v) is 3.21. The van der Waals surface area contributed by atoms with E-state index in [2.05, 4.69) is 5.32 Å². The van der Waals surface area contributed by atoms with Crippen LogP contribution in [0.3, 0.4) is 0 Å². The van der Waals surface area contributed by atoms with Gasteiger partial charge in [0.05, 0.1) is 12.7 Å². The molecule has 0 atom stereocenters.